The summed E-state index contributed by atoms with van der Waals surface area (Å²) in [5, 5.41) is 0. The van der Waals surface area contributed by atoms with Crippen molar-refractivity contribution >= 4 is 11.6 Å². The van der Waals surface area contributed by atoms with E-state index in [-0.39, 0.29) is 41.4 Å². The molecule has 5 rings (SSSR count). The van der Waals surface area contributed by atoms with Gasteiger partial charge >= 0.3 is 0 Å². The lowest BCUT2D eigenvalue weighted by Gasteiger charge is -2.26. The molecule has 2 saturated heterocycles. The van der Waals surface area contributed by atoms with Gasteiger partial charge in [0.15, 0.2) is 11.6 Å². The molecule has 0 aromatic heterocycles. The van der Waals surface area contributed by atoms with Crippen LogP contribution in [0.1, 0.15) is 65.5 Å². The molecule has 2 aliphatic heterocycles. The van der Waals surface area contributed by atoms with E-state index in [9.17, 15) is 14.0 Å². The molecule has 31 heavy (non-hydrogen) atoms. The molecule has 0 N–H and O–H groups in total. The maximum atomic E-state index is 14.2. The Morgan fingerprint density at radius 3 is 2.23 bits per heavy atom. The van der Waals surface area contributed by atoms with Gasteiger partial charge in [-0.3, -0.25) is 9.59 Å². The highest BCUT2D eigenvalue weighted by molar-refractivity contribution is 6.17. The van der Waals surface area contributed by atoms with Crippen LogP contribution in [0, 0.1) is 31.5 Å². The number of ether oxygens (including phenoxy) is 1. The lowest BCUT2D eigenvalue weighted by Crippen LogP contribution is -2.34. The molecule has 2 aromatic rings. The molecule has 3 fully saturated rings. The van der Waals surface area contributed by atoms with Crippen molar-refractivity contribution in [2.24, 2.45) is 11.8 Å². The lowest BCUT2D eigenvalue weighted by molar-refractivity contribution is -0.127. The number of ketones is 2. The zero-order chi connectivity index (χ0) is 22.0. The van der Waals surface area contributed by atoms with Gasteiger partial charge in [0.2, 0.25) is 0 Å². The maximum Gasteiger partial charge on any atom is 0.154 e. The van der Waals surface area contributed by atoms with Crippen molar-refractivity contribution in [3.63, 3.8) is 0 Å². The van der Waals surface area contributed by atoms with Crippen LogP contribution in [0.15, 0.2) is 30.3 Å². The van der Waals surface area contributed by atoms with E-state index in [1.165, 1.54) is 5.56 Å². The first-order chi connectivity index (χ1) is 14.8. The fourth-order valence-electron chi connectivity index (χ4n) is 6.32. The average molecular weight is 421 g/mol. The minimum absolute atomic E-state index is 0.00744. The summed E-state index contributed by atoms with van der Waals surface area (Å²) >= 11 is 0. The van der Waals surface area contributed by atoms with Crippen LogP contribution in [-0.4, -0.2) is 23.8 Å². The molecule has 1 unspecified atom stereocenters. The smallest absolute Gasteiger partial charge is 0.154 e. The van der Waals surface area contributed by atoms with Crippen LogP contribution in [0.25, 0.3) is 0 Å². The molecule has 0 amide bonds. The van der Waals surface area contributed by atoms with Crippen LogP contribution >= 0.6 is 0 Å². The molecule has 2 bridgehead atoms. The molecular formula is C27H29FO3. The van der Waals surface area contributed by atoms with Gasteiger partial charge in [-0.1, -0.05) is 43.7 Å². The molecule has 3 aliphatic rings. The zero-order valence-corrected chi connectivity index (χ0v) is 18.6. The van der Waals surface area contributed by atoms with Crippen molar-refractivity contribution in [2.75, 3.05) is 0 Å². The minimum Gasteiger partial charge on any atom is -0.373 e. The molecule has 2 heterocycles. The van der Waals surface area contributed by atoms with Crippen molar-refractivity contribution < 1.29 is 18.7 Å². The zero-order valence-electron chi connectivity index (χ0n) is 18.6. The molecule has 0 spiro atoms. The van der Waals surface area contributed by atoms with E-state index in [0.717, 1.165) is 35.1 Å². The highest BCUT2D eigenvalue weighted by Crippen LogP contribution is 2.57. The van der Waals surface area contributed by atoms with Crippen molar-refractivity contribution in [1.82, 2.24) is 0 Å². The summed E-state index contributed by atoms with van der Waals surface area (Å²) in [6.45, 7) is 7.97. The second kappa shape index (κ2) is 7.37. The molecular weight excluding hydrogens is 391 g/mol. The van der Waals surface area contributed by atoms with Gasteiger partial charge in [0, 0.05) is 5.92 Å². The third-order valence-electron chi connectivity index (χ3n) is 7.75. The van der Waals surface area contributed by atoms with Crippen LogP contribution in [0.3, 0.4) is 0 Å². The number of benzene rings is 2. The Bertz CT molecular complexity index is 1060. The SMILES string of the molecule is CCc1cc(C)cc(CC)c1C1C(=O)[C@@H]2[C@@H]3O[C@@H](C[C@H]3c3ccc(C)c(F)c3)[C@@H]2C1=O. The predicted octanol–water partition coefficient (Wildman–Crippen LogP) is 4.99. The summed E-state index contributed by atoms with van der Waals surface area (Å²) in [5.41, 5.74) is 5.80. The number of aryl methyl sites for hydroxylation is 4. The topological polar surface area (TPSA) is 43.4 Å². The highest BCUT2D eigenvalue weighted by Gasteiger charge is 2.66. The third-order valence-corrected chi connectivity index (χ3v) is 7.75. The molecule has 4 heteroatoms. The third kappa shape index (κ3) is 2.95. The van der Waals surface area contributed by atoms with Gasteiger partial charge in [0.05, 0.1) is 24.0 Å². The second-order valence-corrected chi connectivity index (χ2v) is 9.48. The Morgan fingerprint density at radius 1 is 0.968 bits per heavy atom. The molecule has 1 saturated carbocycles. The number of hydrogen-bond donors (Lipinski definition) is 0. The number of Topliss-reactive ketones (excluding diaryl/α,β-unsaturated/α-hetero) is 2. The molecule has 0 radical (unpaired) electrons. The first kappa shape index (κ1) is 20.6. The summed E-state index contributed by atoms with van der Waals surface area (Å²) < 4.78 is 20.4. The summed E-state index contributed by atoms with van der Waals surface area (Å²) in [6, 6.07) is 9.53. The van der Waals surface area contributed by atoms with Crippen LogP contribution in [-0.2, 0) is 27.2 Å². The quantitative estimate of drug-likeness (QED) is 0.655. The summed E-state index contributed by atoms with van der Waals surface area (Å²) in [6.07, 6.45) is 1.69. The fraction of sp³-hybridized carbons (Fsp3) is 0.481. The van der Waals surface area contributed by atoms with E-state index >= 15 is 0 Å². The van der Waals surface area contributed by atoms with Crippen LogP contribution in [0.5, 0.6) is 0 Å². The normalized spacial score (nSPS) is 31.5. The Morgan fingerprint density at radius 2 is 1.61 bits per heavy atom. The van der Waals surface area contributed by atoms with E-state index in [0.29, 0.717) is 12.0 Å². The van der Waals surface area contributed by atoms with Gasteiger partial charge in [-0.05, 0) is 67.0 Å². The van der Waals surface area contributed by atoms with Gasteiger partial charge in [-0.25, -0.2) is 4.39 Å². The first-order valence-corrected chi connectivity index (χ1v) is 11.5. The van der Waals surface area contributed by atoms with E-state index in [1.54, 1.807) is 19.1 Å². The largest absolute Gasteiger partial charge is 0.373 e. The number of halogens is 1. The van der Waals surface area contributed by atoms with Gasteiger partial charge < -0.3 is 4.74 Å². The van der Waals surface area contributed by atoms with Crippen molar-refractivity contribution in [1.29, 1.82) is 0 Å². The molecule has 6 atom stereocenters. The second-order valence-electron chi connectivity index (χ2n) is 9.48. The van der Waals surface area contributed by atoms with Crippen LogP contribution < -0.4 is 0 Å². The van der Waals surface area contributed by atoms with Crippen molar-refractivity contribution in [3.8, 4) is 0 Å². The van der Waals surface area contributed by atoms with Crippen molar-refractivity contribution in [3.05, 3.63) is 69.5 Å². The number of rotatable bonds is 4. The molecule has 2 aromatic carbocycles. The summed E-state index contributed by atoms with van der Waals surface area (Å²) in [7, 11) is 0. The van der Waals surface area contributed by atoms with E-state index in [1.807, 2.05) is 6.07 Å². The maximum absolute atomic E-state index is 14.2. The van der Waals surface area contributed by atoms with Crippen molar-refractivity contribution in [2.45, 2.75) is 71.0 Å². The molecule has 162 valence electrons. The number of carbonyl (C=O) groups excluding carboxylic acids is 2. The van der Waals surface area contributed by atoms with Gasteiger partial charge in [0.25, 0.3) is 0 Å². The lowest BCUT2D eigenvalue weighted by atomic mass is 9.73. The standard InChI is InChI=1S/C27H29FO3/c1-5-15-9-13(3)10-16(6-2)21(15)23-25(29)22-20-12-18(27(31-20)24(22)26(23)30)17-8-7-14(4)19(28)11-17/h7-11,18,20,22-24,27H,5-6,12H2,1-4H3/t18-,20-,22-,23?,24+,27+/m0/s1. The Balaban J connectivity index is 1.53. The van der Waals surface area contributed by atoms with Gasteiger partial charge in [0.1, 0.15) is 11.7 Å². The average Bonchev–Trinajstić information content (AvgIpc) is 3.41. The number of carbonyl (C=O) groups is 2. The molecule has 1 aliphatic carbocycles. The Labute approximate surface area is 183 Å². The summed E-state index contributed by atoms with van der Waals surface area (Å²) in [4.78, 5) is 27.3. The Hall–Kier alpha value is -2.33. The first-order valence-electron chi connectivity index (χ1n) is 11.5. The van der Waals surface area contributed by atoms with E-state index in [4.69, 9.17) is 4.74 Å². The monoisotopic (exact) mass is 420 g/mol. The van der Waals surface area contributed by atoms with E-state index < -0.39 is 11.8 Å². The minimum atomic E-state index is -0.678. The Kier molecular flexibility index (Phi) is 4.89. The highest BCUT2D eigenvalue weighted by atomic mass is 19.1. The number of hydrogen-bond acceptors (Lipinski definition) is 3. The fourth-order valence-corrected chi connectivity index (χ4v) is 6.32. The van der Waals surface area contributed by atoms with E-state index in [2.05, 4.69) is 32.9 Å². The van der Waals surface area contributed by atoms with Crippen LogP contribution in [0.2, 0.25) is 0 Å². The molecule has 3 nitrogen and oxygen atoms in total. The predicted molar refractivity (Wildman–Crippen MR) is 117 cm³/mol. The number of fused-ring (bicyclic) bond motifs is 5. The summed E-state index contributed by atoms with van der Waals surface area (Å²) in [5.74, 6) is -1.68. The van der Waals surface area contributed by atoms with Crippen LogP contribution in [0.4, 0.5) is 4.39 Å². The van der Waals surface area contributed by atoms with Gasteiger partial charge in [-0.2, -0.15) is 0 Å². The van der Waals surface area contributed by atoms with Gasteiger partial charge in [-0.15, -0.1) is 0 Å².